The molecule has 0 aliphatic carbocycles. The number of nitrogen functional groups attached to an aromatic ring is 1. The Morgan fingerprint density at radius 2 is 1.87 bits per heavy atom. The van der Waals surface area contributed by atoms with Crippen LogP contribution in [0.4, 0.5) is 18.3 Å². The van der Waals surface area contributed by atoms with Gasteiger partial charge in [-0.05, 0) is 0 Å². The van der Waals surface area contributed by atoms with Crippen molar-refractivity contribution in [2.45, 2.75) is 0 Å². The second kappa shape index (κ2) is 3.27. The molecule has 2 N–H and O–H groups in total. The number of nitrogens with two attached hydrogens (primary N) is 1. The molecule has 2 aromatic rings. The first-order valence-corrected chi connectivity index (χ1v) is 4.64. The van der Waals surface area contributed by atoms with E-state index in [0.29, 0.717) is 0 Å². The number of nitrogens with zero attached hydrogens (tertiary/aromatic N) is 1. The molecule has 0 bridgehead atoms. The molecule has 0 fully saturated rings. The second-order valence-corrected chi connectivity index (χ2v) is 3.74. The molecule has 0 atom stereocenters. The van der Waals surface area contributed by atoms with Crippen molar-refractivity contribution >= 4 is 26.7 Å². The van der Waals surface area contributed by atoms with E-state index in [-0.39, 0.29) is 9.83 Å². The van der Waals surface area contributed by atoms with Crippen molar-refractivity contribution in [2.24, 2.45) is 0 Å². The Kier molecular flexibility index (Phi) is 2.18. The fourth-order valence-corrected chi connectivity index (χ4v) is 1.98. The number of thiazole rings is 1. The van der Waals surface area contributed by atoms with E-state index in [4.69, 9.17) is 5.73 Å². The van der Waals surface area contributed by atoms with Gasteiger partial charge >= 0.3 is 0 Å². The van der Waals surface area contributed by atoms with Crippen molar-refractivity contribution in [3.63, 3.8) is 0 Å². The van der Waals surface area contributed by atoms with Gasteiger partial charge in [-0.2, -0.15) is 4.39 Å². The largest absolute Gasteiger partial charge is 0.491 e. The average molecular weight is 234 g/mol. The molecule has 0 unspecified atom stereocenters. The Labute approximate surface area is 86.3 Å². The third-order valence-electron chi connectivity index (χ3n) is 1.85. The van der Waals surface area contributed by atoms with Gasteiger partial charge in [-0.15, -0.1) is 0 Å². The molecule has 0 radical (unpaired) electrons. The highest BCUT2D eigenvalue weighted by molar-refractivity contribution is 7.22. The van der Waals surface area contributed by atoms with Crippen molar-refractivity contribution in [3.05, 3.63) is 17.5 Å². The first-order chi connectivity index (χ1) is 7.06. The number of benzene rings is 1. The number of aromatic nitrogens is 1. The van der Waals surface area contributed by atoms with Gasteiger partial charge < -0.3 is 10.5 Å². The summed E-state index contributed by atoms with van der Waals surface area (Å²) >= 11 is 0.736. The van der Waals surface area contributed by atoms with Crippen LogP contribution in [0, 0.1) is 17.5 Å². The zero-order valence-corrected chi connectivity index (χ0v) is 8.29. The molecular weight excluding hydrogens is 229 g/mol. The van der Waals surface area contributed by atoms with Gasteiger partial charge in [-0.3, -0.25) is 0 Å². The number of methoxy groups -OCH3 is 1. The maximum absolute atomic E-state index is 13.5. The number of hydrogen-bond acceptors (Lipinski definition) is 4. The molecule has 15 heavy (non-hydrogen) atoms. The van der Waals surface area contributed by atoms with E-state index >= 15 is 0 Å². The summed E-state index contributed by atoms with van der Waals surface area (Å²) < 4.78 is 44.3. The lowest BCUT2D eigenvalue weighted by Crippen LogP contribution is -1.97. The predicted octanol–water partition coefficient (Wildman–Crippen LogP) is 2.30. The van der Waals surface area contributed by atoms with Crippen LogP contribution in [-0.2, 0) is 0 Å². The quantitative estimate of drug-likeness (QED) is 0.770. The molecule has 0 amide bonds. The van der Waals surface area contributed by atoms with Crippen molar-refractivity contribution in [1.29, 1.82) is 0 Å². The molecule has 0 aliphatic rings. The average Bonchev–Trinajstić information content (AvgIpc) is 2.58. The number of hydrogen-bond donors (Lipinski definition) is 1. The number of halogens is 3. The first-order valence-electron chi connectivity index (χ1n) is 3.82. The van der Waals surface area contributed by atoms with E-state index in [9.17, 15) is 13.2 Å². The summed E-state index contributed by atoms with van der Waals surface area (Å²) in [6.45, 7) is 0. The van der Waals surface area contributed by atoms with E-state index in [1.54, 1.807) is 0 Å². The Hall–Kier alpha value is -1.50. The molecule has 1 aromatic heterocycles. The lowest BCUT2D eigenvalue weighted by Gasteiger charge is -2.04. The first kappa shape index (κ1) is 10.0. The zero-order valence-electron chi connectivity index (χ0n) is 7.47. The molecule has 7 heteroatoms. The molecule has 0 saturated carbocycles. The van der Waals surface area contributed by atoms with Gasteiger partial charge in [0.2, 0.25) is 5.82 Å². The van der Waals surface area contributed by atoms with Crippen molar-refractivity contribution in [2.75, 3.05) is 12.8 Å². The molecule has 2 rings (SSSR count). The lowest BCUT2D eigenvalue weighted by molar-refractivity contribution is 0.351. The molecule has 3 nitrogen and oxygen atoms in total. The van der Waals surface area contributed by atoms with Crippen LogP contribution in [-0.4, -0.2) is 12.1 Å². The van der Waals surface area contributed by atoms with Crippen LogP contribution in [0.15, 0.2) is 0 Å². The number of anilines is 1. The fourth-order valence-electron chi connectivity index (χ4n) is 1.22. The Balaban J connectivity index is 2.94. The third-order valence-corrected chi connectivity index (χ3v) is 2.72. The smallest absolute Gasteiger partial charge is 0.206 e. The molecule has 0 aliphatic heterocycles. The van der Waals surface area contributed by atoms with Crippen LogP contribution in [0.2, 0.25) is 0 Å². The predicted molar refractivity (Wildman–Crippen MR) is 50.5 cm³/mol. The number of ether oxygens (including phenoxy) is 1. The standard InChI is InChI=1S/C8H5F3N2OS/c1-14-6-3(10)2(9)5-7(4(6)11)15-8(12)13-5/h1H3,(H2,12,13). The van der Waals surface area contributed by atoms with Crippen LogP contribution < -0.4 is 10.5 Å². The molecule has 1 aromatic carbocycles. The van der Waals surface area contributed by atoms with Gasteiger partial charge in [0.05, 0.1) is 11.8 Å². The van der Waals surface area contributed by atoms with E-state index in [2.05, 4.69) is 9.72 Å². The van der Waals surface area contributed by atoms with Crippen LogP contribution >= 0.6 is 11.3 Å². The highest BCUT2D eigenvalue weighted by atomic mass is 32.1. The summed E-state index contributed by atoms with van der Waals surface area (Å²) in [5.74, 6) is -4.40. The van der Waals surface area contributed by atoms with Gasteiger partial charge in [0.25, 0.3) is 0 Å². The van der Waals surface area contributed by atoms with Crippen molar-refractivity contribution in [3.8, 4) is 5.75 Å². The minimum atomic E-state index is -1.40. The molecule has 0 saturated heterocycles. The highest BCUT2D eigenvalue weighted by Crippen LogP contribution is 2.36. The molecular formula is C8H5F3N2OS. The maximum atomic E-state index is 13.5. The van der Waals surface area contributed by atoms with Gasteiger partial charge in [0, 0.05) is 0 Å². The SMILES string of the molecule is COc1c(F)c(F)c2nc(N)sc2c1F. The van der Waals surface area contributed by atoms with Crippen LogP contribution in [0.5, 0.6) is 5.75 Å². The summed E-state index contributed by atoms with van der Waals surface area (Å²) in [7, 11) is 1.05. The summed E-state index contributed by atoms with van der Waals surface area (Å²) in [5.41, 5.74) is 4.87. The molecule has 1 heterocycles. The number of fused-ring (bicyclic) bond motifs is 1. The van der Waals surface area contributed by atoms with Gasteiger partial charge in [-0.1, -0.05) is 11.3 Å². The monoisotopic (exact) mass is 234 g/mol. The van der Waals surface area contributed by atoms with E-state index in [1.165, 1.54) is 0 Å². The Morgan fingerprint density at radius 1 is 1.20 bits per heavy atom. The van der Waals surface area contributed by atoms with Crippen LogP contribution in [0.1, 0.15) is 0 Å². The van der Waals surface area contributed by atoms with Crippen LogP contribution in [0.3, 0.4) is 0 Å². The topological polar surface area (TPSA) is 48.1 Å². The second-order valence-electron chi connectivity index (χ2n) is 2.71. The maximum Gasteiger partial charge on any atom is 0.206 e. The van der Waals surface area contributed by atoms with E-state index < -0.39 is 28.7 Å². The summed E-state index contributed by atoms with van der Waals surface area (Å²) in [6.07, 6.45) is 0. The van der Waals surface area contributed by atoms with Gasteiger partial charge in [0.1, 0.15) is 5.52 Å². The molecule has 80 valence electrons. The molecule has 0 spiro atoms. The van der Waals surface area contributed by atoms with Crippen molar-refractivity contribution in [1.82, 2.24) is 4.98 Å². The lowest BCUT2D eigenvalue weighted by atomic mass is 10.3. The van der Waals surface area contributed by atoms with Crippen molar-refractivity contribution < 1.29 is 17.9 Å². The van der Waals surface area contributed by atoms with E-state index in [1.807, 2.05) is 0 Å². The fraction of sp³-hybridized carbons (Fsp3) is 0.125. The van der Waals surface area contributed by atoms with Gasteiger partial charge in [0.15, 0.2) is 22.5 Å². The minimum Gasteiger partial charge on any atom is -0.491 e. The normalized spacial score (nSPS) is 10.9. The third kappa shape index (κ3) is 1.30. The minimum absolute atomic E-state index is 0.0320. The summed E-state index contributed by atoms with van der Waals surface area (Å²) in [6, 6.07) is 0. The van der Waals surface area contributed by atoms with E-state index in [0.717, 1.165) is 18.4 Å². The number of rotatable bonds is 1. The van der Waals surface area contributed by atoms with Crippen LogP contribution in [0.25, 0.3) is 10.2 Å². The van der Waals surface area contributed by atoms with Gasteiger partial charge in [-0.25, -0.2) is 13.8 Å². The zero-order chi connectivity index (χ0) is 11.2. The Morgan fingerprint density at radius 3 is 2.47 bits per heavy atom. The summed E-state index contributed by atoms with van der Waals surface area (Å²) in [4.78, 5) is 3.50. The Bertz CT molecular complexity index is 540. The highest BCUT2D eigenvalue weighted by Gasteiger charge is 2.23. The summed E-state index contributed by atoms with van der Waals surface area (Å²) in [5, 5.41) is -0.0320.